The van der Waals surface area contributed by atoms with Crippen molar-refractivity contribution in [3.05, 3.63) is 51.5 Å². The Morgan fingerprint density at radius 3 is 2.30 bits per heavy atom. The van der Waals surface area contributed by atoms with Crippen LogP contribution in [0.1, 0.15) is 11.1 Å². The Kier molecular flexibility index (Phi) is 5.74. The SMILES string of the molecule is COc1cc(C)c(NC(=O)Cc2ccc(Cl)c(Cl)c2)cc1OC. The van der Waals surface area contributed by atoms with Crippen LogP contribution in [0.15, 0.2) is 30.3 Å². The summed E-state index contributed by atoms with van der Waals surface area (Å²) in [7, 11) is 3.12. The Labute approximate surface area is 145 Å². The third-order valence-electron chi connectivity index (χ3n) is 3.35. The Bertz CT molecular complexity index is 732. The number of nitrogens with one attached hydrogen (secondary N) is 1. The number of rotatable bonds is 5. The highest BCUT2D eigenvalue weighted by molar-refractivity contribution is 6.42. The molecule has 0 saturated heterocycles. The van der Waals surface area contributed by atoms with Crippen molar-refractivity contribution in [2.75, 3.05) is 19.5 Å². The molecule has 23 heavy (non-hydrogen) atoms. The Morgan fingerprint density at radius 1 is 1.04 bits per heavy atom. The molecule has 0 aliphatic carbocycles. The van der Waals surface area contributed by atoms with Crippen LogP contribution in [-0.2, 0) is 11.2 Å². The number of carbonyl (C=O) groups is 1. The van der Waals surface area contributed by atoms with Crippen LogP contribution in [0, 0.1) is 6.92 Å². The molecule has 0 heterocycles. The van der Waals surface area contributed by atoms with E-state index in [0.717, 1.165) is 11.1 Å². The molecule has 1 amide bonds. The first-order valence-electron chi connectivity index (χ1n) is 6.91. The number of hydrogen-bond acceptors (Lipinski definition) is 3. The zero-order chi connectivity index (χ0) is 17.0. The fourth-order valence-electron chi connectivity index (χ4n) is 2.14. The minimum Gasteiger partial charge on any atom is -0.493 e. The van der Waals surface area contributed by atoms with Crippen LogP contribution >= 0.6 is 23.2 Å². The largest absolute Gasteiger partial charge is 0.493 e. The molecule has 4 nitrogen and oxygen atoms in total. The van der Waals surface area contributed by atoms with Crippen molar-refractivity contribution < 1.29 is 14.3 Å². The lowest BCUT2D eigenvalue weighted by Gasteiger charge is -2.13. The molecule has 2 rings (SSSR count). The van der Waals surface area contributed by atoms with Crippen molar-refractivity contribution in [3.8, 4) is 11.5 Å². The molecule has 122 valence electrons. The van der Waals surface area contributed by atoms with E-state index in [1.54, 1.807) is 38.5 Å². The fraction of sp³-hybridized carbons (Fsp3) is 0.235. The van der Waals surface area contributed by atoms with Gasteiger partial charge in [0.15, 0.2) is 11.5 Å². The number of benzene rings is 2. The lowest BCUT2D eigenvalue weighted by atomic mass is 10.1. The van der Waals surface area contributed by atoms with E-state index in [1.165, 1.54) is 0 Å². The van der Waals surface area contributed by atoms with Gasteiger partial charge >= 0.3 is 0 Å². The summed E-state index contributed by atoms with van der Waals surface area (Å²) in [5.74, 6) is 1.02. The standard InChI is InChI=1S/C17H17Cl2NO3/c1-10-6-15(22-2)16(23-3)9-14(10)20-17(21)8-11-4-5-12(18)13(19)7-11/h4-7,9H,8H2,1-3H3,(H,20,21). The number of halogens is 2. The van der Waals surface area contributed by atoms with Gasteiger partial charge in [-0.1, -0.05) is 29.3 Å². The summed E-state index contributed by atoms with van der Waals surface area (Å²) in [6, 6.07) is 8.68. The number of ether oxygens (including phenoxy) is 2. The van der Waals surface area contributed by atoms with Crippen molar-refractivity contribution in [3.63, 3.8) is 0 Å². The Balaban J connectivity index is 2.15. The smallest absolute Gasteiger partial charge is 0.228 e. The third kappa shape index (κ3) is 4.30. The van der Waals surface area contributed by atoms with Gasteiger partial charge in [0.25, 0.3) is 0 Å². The average Bonchev–Trinajstić information content (AvgIpc) is 2.52. The number of hydrogen-bond donors (Lipinski definition) is 1. The van der Waals surface area contributed by atoms with Crippen LogP contribution in [0.25, 0.3) is 0 Å². The summed E-state index contributed by atoms with van der Waals surface area (Å²) in [4.78, 5) is 12.2. The molecular weight excluding hydrogens is 337 g/mol. The molecule has 1 N–H and O–H groups in total. The van der Waals surface area contributed by atoms with E-state index >= 15 is 0 Å². The van der Waals surface area contributed by atoms with Crippen LogP contribution in [-0.4, -0.2) is 20.1 Å². The van der Waals surface area contributed by atoms with Crippen molar-refractivity contribution in [1.82, 2.24) is 0 Å². The minimum atomic E-state index is -0.154. The average molecular weight is 354 g/mol. The molecule has 0 radical (unpaired) electrons. The second-order valence-electron chi connectivity index (χ2n) is 5.00. The van der Waals surface area contributed by atoms with Gasteiger partial charge < -0.3 is 14.8 Å². The Morgan fingerprint density at radius 2 is 1.70 bits per heavy atom. The molecule has 0 fully saturated rings. The second kappa shape index (κ2) is 7.57. The van der Waals surface area contributed by atoms with Gasteiger partial charge in [0.1, 0.15) is 0 Å². The normalized spacial score (nSPS) is 10.3. The predicted molar refractivity (Wildman–Crippen MR) is 93.1 cm³/mol. The highest BCUT2D eigenvalue weighted by Crippen LogP contribution is 2.33. The molecule has 0 aromatic heterocycles. The monoisotopic (exact) mass is 353 g/mol. The summed E-state index contributed by atoms with van der Waals surface area (Å²) in [6.45, 7) is 1.89. The molecule has 2 aromatic rings. The van der Waals surface area contributed by atoms with Crippen LogP contribution in [0.3, 0.4) is 0 Å². The van der Waals surface area contributed by atoms with Crippen molar-refractivity contribution >= 4 is 34.8 Å². The van der Waals surface area contributed by atoms with Crippen LogP contribution < -0.4 is 14.8 Å². The maximum Gasteiger partial charge on any atom is 0.228 e. The molecule has 0 unspecified atom stereocenters. The van der Waals surface area contributed by atoms with Gasteiger partial charge in [-0.05, 0) is 36.2 Å². The van der Waals surface area contributed by atoms with E-state index in [1.807, 2.05) is 13.0 Å². The van der Waals surface area contributed by atoms with Gasteiger partial charge in [-0.15, -0.1) is 0 Å². The molecular formula is C17H17Cl2NO3. The predicted octanol–water partition coefficient (Wildman–Crippen LogP) is 4.50. The molecule has 0 spiro atoms. The molecule has 6 heteroatoms. The Hall–Kier alpha value is -1.91. The highest BCUT2D eigenvalue weighted by Gasteiger charge is 2.12. The molecule has 0 saturated carbocycles. The van der Waals surface area contributed by atoms with E-state index < -0.39 is 0 Å². The fourth-order valence-corrected chi connectivity index (χ4v) is 2.47. The van der Waals surface area contributed by atoms with Crippen molar-refractivity contribution in [1.29, 1.82) is 0 Å². The maximum absolute atomic E-state index is 12.2. The van der Waals surface area contributed by atoms with Gasteiger partial charge in [0.2, 0.25) is 5.91 Å². The van der Waals surface area contributed by atoms with E-state index in [4.69, 9.17) is 32.7 Å². The zero-order valence-electron chi connectivity index (χ0n) is 13.1. The van der Waals surface area contributed by atoms with E-state index in [9.17, 15) is 4.79 Å². The first-order chi connectivity index (χ1) is 10.9. The van der Waals surface area contributed by atoms with Gasteiger partial charge in [0, 0.05) is 11.8 Å². The van der Waals surface area contributed by atoms with E-state index in [0.29, 0.717) is 27.2 Å². The topological polar surface area (TPSA) is 47.6 Å². The molecule has 2 aromatic carbocycles. The molecule has 0 aliphatic heterocycles. The summed E-state index contributed by atoms with van der Waals surface area (Å²) in [5, 5.41) is 3.76. The van der Waals surface area contributed by atoms with Crippen LogP contribution in [0.5, 0.6) is 11.5 Å². The minimum absolute atomic E-state index is 0.154. The zero-order valence-corrected chi connectivity index (χ0v) is 14.6. The molecule has 0 bridgehead atoms. The van der Waals surface area contributed by atoms with Crippen molar-refractivity contribution in [2.24, 2.45) is 0 Å². The lowest BCUT2D eigenvalue weighted by Crippen LogP contribution is -2.15. The third-order valence-corrected chi connectivity index (χ3v) is 4.09. The first-order valence-corrected chi connectivity index (χ1v) is 7.66. The summed E-state index contributed by atoms with van der Waals surface area (Å²) in [5.41, 5.74) is 2.34. The number of amides is 1. The quantitative estimate of drug-likeness (QED) is 0.860. The molecule has 0 aliphatic rings. The van der Waals surface area contributed by atoms with Gasteiger partial charge in [0.05, 0.1) is 30.7 Å². The second-order valence-corrected chi connectivity index (χ2v) is 5.81. The van der Waals surface area contributed by atoms with Gasteiger partial charge in [-0.25, -0.2) is 0 Å². The lowest BCUT2D eigenvalue weighted by molar-refractivity contribution is -0.115. The van der Waals surface area contributed by atoms with Crippen LogP contribution in [0.2, 0.25) is 10.0 Å². The van der Waals surface area contributed by atoms with E-state index in [-0.39, 0.29) is 12.3 Å². The number of methoxy groups -OCH3 is 2. The van der Waals surface area contributed by atoms with E-state index in [2.05, 4.69) is 5.32 Å². The summed E-state index contributed by atoms with van der Waals surface area (Å²) in [6.07, 6.45) is 0.199. The van der Waals surface area contributed by atoms with Crippen LogP contribution in [0.4, 0.5) is 5.69 Å². The van der Waals surface area contributed by atoms with Gasteiger partial charge in [-0.2, -0.15) is 0 Å². The van der Waals surface area contributed by atoms with Crippen molar-refractivity contribution in [2.45, 2.75) is 13.3 Å². The summed E-state index contributed by atoms with van der Waals surface area (Å²) < 4.78 is 10.5. The first kappa shape index (κ1) is 17.4. The van der Waals surface area contributed by atoms with Gasteiger partial charge in [-0.3, -0.25) is 4.79 Å². The number of anilines is 1. The highest BCUT2D eigenvalue weighted by atomic mass is 35.5. The maximum atomic E-state index is 12.2. The number of carbonyl (C=O) groups excluding carboxylic acids is 1. The summed E-state index contributed by atoms with van der Waals surface area (Å²) >= 11 is 11.8. The molecule has 0 atom stereocenters. The number of aryl methyl sites for hydroxylation is 1.